The third-order valence-corrected chi connectivity index (χ3v) is 5.03. The molecule has 3 N–H and O–H groups in total. The standard InChI is InChI=1S/C10H27N3OSi/c1-5-8-11-15(14-4,12-9-6-2)13-10-7-3/h11-13H,5-10H2,1-4H3. The lowest BCUT2D eigenvalue weighted by Crippen LogP contribution is -2.74. The smallest absolute Gasteiger partial charge is 0.383 e. The number of rotatable bonds is 10. The normalized spacial score (nSPS) is 12.0. The zero-order valence-corrected chi connectivity index (χ0v) is 11.7. The molecule has 0 fully saturated rings. The maximum Gasteiger partial charge on any atom is 0.439 e. The first kappa shape index (κ1) is 15.1. The van der Waals surface area contributed by atoms with E-state index >= 15 is 0 Å². The van der Waals surface area contributed by atoms with Crippen molar-refractivity contribution in [1.82, 2.24) is 14.9 Å². The molecule has 0 aliphatic heterocycles. The number of hydrogen-bond donors (Lipinski definition) is 3. The highest BCUT2D eigenvalue weighted by atomic mass is 28.4. The van der Waals surface area contributed by atoms with Crippen molar-refractivity contribution >= 4 is 8.80 Å². The minimum atomic E-state index is -2.08. The maximum absolute atomic E-state index is 5.65. The zero-order valence-electron chi connectivity index (χ0n) is 10.7. The van der Waals surface area contributed by atoms with Gasteiger partial charge in [-0.25, -0.2) is 0 Å². The summed E-state index contributed by atoms with van der Waals surface area (Å²) in [4.78, 5) is 10.5. The van der Waals surface area contributed by atoms with Gasteiger partial charge in [-0.3, -0.25) is 14.9 Å². The van der Waals surface area contributed by atoms with Crippen LogP contribution in [0, 0.1) is 0 Å². The van der Waals surface area contributed by atoms with Crippen LogP contribution in [0.25, 0.3) is 0 Å². The quantitative estimate of drug-likeness (QED) is 0.494. The van der Waals surface area contributed by atoms with E-state index in [1.807, 2.05) is 0 Å². The number of hydrogen-bond acceptors (Lipinski definition) is 4. The van der Waals surface area contributed by atoms with E-state index in [2.05, 4.69) is 35.7 Å². The van der Waals surface area contributed by atoms with Gasteiger partial charge in [0.1, 0.15) is 0 Å². The highest BCUT2D eigenvalue weighted by molar-refractivity contribution is 6.66. The van der Waals surface area contributed by atoms with Gasteiger partial charge in [0.2, 0.25) is 0 Å². The molecule has 0 saturated heterocycles. The van der Waals surface area contributed by atoms with Crippen molar-refractivity contribution in [3.05, 3.63) is 0 Å². The van der Waals surface area contributed by atoms with Crippen molar-refractivity contribution in [2.24, 2.45) is 0 Å². The minimum absolute atomic E-state index is 0.994. The van der Waals surface area contributed by atoms with Crippen LogP contribution in [0.3, 0.4) is 0 Å². The van der Waals surface area contributed by atoms with Crippen LogP contribution in [0.2, 0.25) is 0 Å². The molecule has 0 spiro atoms. The molecule has 0 saturated carbocycles. The van der Waals surface area contributed by atoms with Crippen LogP contribution in [-0.4, -0.2) is 35.5 Å². The second kappa shape index (κ2) is 9.29. The summed E-state index contributed by atoms with van der Waals surface area (Å²) in [5, 5.41) is 0. The average molecular weight is 233 g/mol. The van der Waals surface area contributed by atoms with Crippen molar-refractivity contribution in [3.8, 4) is 0 Å². The van der Waals surface area contributed by atoms with E-state index < -0.39 is 8.80 Å². The van der Waals surface area contributed by atoms with E-state index in [0.29, 0.717) is 0 Å². The Balaban J connectivity index is 4.16. The summed E-state index contributed by atoms with van der Waals surface area (Å²) < 4.78 is 5.65. The van der Waals surface area contributed by atoms with E-state index in [0.717, 1.165) is 38.9 Å². The molecule has 0 aromatic carbocycles. The summed E-state index contributed by atoms with van der Waals surface area (Å²) in [6.07, 6.45) is 3.37. The van der Waals surface area contributed by atoms with Gasteiger partial charge in [-0.15, -0.1) is 0 Å². The van der Waals surface area contributed by atoms with Crippen molar-refractivity contribution < 1.29 is 4.43 Å². The molecule has 0 heterocycles. The molecule has 0 aromatic heterocycles. The molecular weight excluding hydrogens is 206 g/mol. The van der Waals surface area contributed by atoms with Gasteiger partial charge < -0.3 is 4.43 Å². The molecule has 15 heavy (non-hydrogen) atoms. The van der Waals surface area contributed by atoms with Crippen molar-refractivity contribution in [2.75, 3.05) is 26.7 Å². The highest BCUT2D eigenvalue weighted by Crippen LogP contribution is 1.92. The van der Waals surface area contributed by atoms with E-state index in [1.54, 1.807) is 7.11 Å². The SMILES string of the molecule is CCCN[Si](NCCC)(NCCC)OC. The largest absolute Gasteiger partial charge is 0.439 e. The zero-order chi connectivity index (χ0) is 11.6. The van der Waals surface area contributed by atoms with Crippen LogP contribution in [-0.2, 0) is 4.43 Å². The average Bonchev–Trinajstić information content (AvgIpc) is 2.29. The topological polar surface area (TPSA) is 45.3 Å². The molecule has 0 aliphatic carbocycles. The lowest BCUT2D eigenvalue weighted by Gasteiger charge is -2.31. The van der Waals surface area contributed by atoms with Gasteiger partial charge in [-0.2, -0.15) is 0 Å². The summed E-state index contributed by atoms with van der Waals surface area (Å²) >= 11 is 0. The molecule has 0 atom stereocenters. The van der Waals surface area contributed by atoms with Crippen LogP contribution in [0.5, 0.6) is 0 Å². The van der Waals surface area contributed by atoms with Crippen LogP contribution in [0.4, 0.5) is 0 Å². The first-order chi connectivity index (χ1) is 7.24. The molecule has 92 valence electrons. The van der Waals surface area contributed by atoms with E-state index in [-0.39, 0.29) is 0 Å². The molecule has 0 aromatic rings. The Hall–Kier alpha value is 0.0569. The Morgan fingerprint density at radius 1 is 0.800 bits per heavy atom. The van der Waals surface area contributed by atoms with E-state index in [9.17, 15) is 0 Å². The molecule has 4 nitrogen and oxygen atoms in total. The fraction of sp³-hybridized carbons (Fsp3) is 1.00. The van der Waals surface area contributed by atoms with Gasteiger partial charge in [0.25, 0.3) is 0 Å². The predicted octanol–water partition coefficient (Wildman–Crippen LogP) is 1.07. The molecule has 0 aliphatic rings. The lowest BCUT2D eigenvalue weighted by atomic mass is 10.5. The fourth-order valence-electron chi connectivity index (χ4n) is 1.31. The van der Waals surface area contributed by atoms with Crippen LogP contribution < -0.4 is 14.9 Å². The summed E-state index contributed by atoms with van der Waals surface area (Å²) in [6, 6.07) is 0. The Labute approximate surface area is 95.5 Å². The summed E-state index contributed by atoms with van der Waals surface area (Å²) in [5.41, 5.74) is 0. The second-order valence-electron chi connectivity index (χ2n) is 3.67. The van der Waals surface area contributed by atoms with Crippen LogP contribution >= 0.6 is 0 Å². The van der Waals surface area contributed by atoms with Gasteiger partial charge in [0.05, 0.1) is 0 Å². The molecule has 0 unspecified atom stereocenters. The maximum atomic E-state index is 5.65. The summed E-state index contributed by atoms with van der Waals surface area (Å²) in [6.45, 7) is 9.48. The molecule has 0 bridgehead atoms. The van der Waals surface area contributed by atoms with Crippen LogP contribution in [0.1, 0.15) is 40.0 Å². The Kier molecular flexibility index (Phi) is 9.33. The van der Waals surface area contributed by atoms with Gasteiger partial charge >= 0.3 is 8.80 Å². The molecule has 0 radical (unpaired) electrons. The van der Waals surface area contributed by atoms with Gasteiger partial charge in [0.15, 0.2) is 0 Å². The first-order valence-corrected chi connectivity index (χ1v) is 7.95. The van der Waals surface area contributed by atoms with Gasteiger partial charge in [0, 0.05) is 7.11 Å². The predicted molar refractivity (Wildman–Crippen MR) is 67.6 cm³/mol. The second-order valence-corrected chi connectivity index (χ2v) is 6.50. The van der Waals surface area contributed by atoms with Crippen molar-refractivity contribution in [1.29, 1.82) is 0 Å². The van der Waals surface area contributed by atoms with Crippen molar-refractivity contribution in [2.45, 2.75) is 40.0 Å². The number of nitrogens with one attached hydrogen (secondary N) is 3. The van der Waals surface area contributed by atoms with E-state index in [4.69, 9.17) is 4.43 Å². The summed E-state index contributed by atoms with van der Waals surface area (Å²) in [7, 11) is -0.304. The molecular formula is C10H27N3OSi. The molecule has 0 rings (SSSR count). The van der Waals surface area contributed by atoms with Gasteiger partial charge in [-0.1, -0.05) is 20.8 Å². The Morgan fingerprint density at radius 2 is 1.13 bits per heavy atom. The summed E-state index contributed by atoms with van der Waals surface area (Å²) in [5.74, 6) is 0. The highest BCUT2D eigenvalue weighted by Gasteiger charge is 2.33. The lowest BCUT2D eigenvalue weighted by molar-refractivity contribution is 0.345. The molecule has 0 amide bonds. The Bertz CT molecular complexity index is 125. The third-order valence-electron chi connectivity index (χ3n) is 2.18. The van der Waals surface area contributed by atoms with Gasteiger partial charge in [-0.05, 0) is 38.9 Å². The molecule has 5 heteroatoms. The van der Waals surface area contributed by atoms with E-state index in [1.165, 1.54) is 0 Å². The fourth-order valence-corrected chi connectivity index (χ4v) is 3.92. The first-order valence-electron chi connectivity index (χ1n) is 6.04. The monoisotopic (exact) mass is 233 g/mol. The third kappa shape index (κ3) is 6.27. The van der Waals surface area contributed by atoms with Crippen LogP contribution in [0.15, 0.2) is 0 Å². The van der Waals surface area contributed by atoms with Crippen molar-refractivity contribution in [3.63, 3.8) is 0 Å². The Morgan fingerprint density at radius 3 is 1.33 bits per heavy atom. The minimum Gasteiger partial charge on any atom is -0.383 e.